The van der Waals surface area contributed by atoms with E-state index in [4.69, 9.17) is 0 Å². The van der Waals surface area contributed by atoms with Crippen LogP contribution in [0.5, 0.6) is 0 Å². The summed E-state index contributed by atoms with van der Waals surface area (Å²) in [5, 5.41) is 3.01. The van der Waals surface area contributed by atoms with Gasteiger partial charge in [-0.2, -0.15) is 0 Å². The number of hydrogen-bond donors (Lipinski definition) is 1. The maximum Gasteiger partial charge on any atom is 0.325 e. The Balaban J connectivity index is 1.73. The van der Waals surface area contributed by atoms with Crippen molar-refractivity contribution < 1.29 is 9.59 Å². The van der Waals surface area contributed by atoms with E-state index in [1.54, 1.807) is 0 Å². The fourth-order valence-corrected chi connectivity index (χ4v) is 3.77. The SMILES string of the molecule is Cc1ccccc1CN1C(=O)NC(Cc2ccccc2)(c2ccccc2)C1=O. The average Bonchev–Trinajstić information content (AvgIpc) is 2.96. The van der Waals surface area contributed by atoms with E-state index in [1.807, 2.05) is 91.9 Å². The molecule has 3 aromatic carbocycles. The average molecular weight is 370 g/mol. The molecule has 4 rings (SSSR count). The van der Waals surface area contributed by atoms with E-state index in [1.165, 1.54) is 4.90 Å². The molecular weight excluding hydrogens is 348 g/mol. The molecule has 1 atom stereocenters. The van der Waals surface area contributed by atoms with E-state index in [0.717, 1.165) is 22.3 Å². The molecule has 1 unspecified atom stereocenters. The molecule has 1 fully saturated rings. The number of nitrogens with one attached hydrogen (secondary N) is 1. The molecule has 3 amide bonds. The van der Waals surface area contributed by atoms with Gasteiger partial charge in [-0.05, 0) is 29.2 Å². The minimum absolute atomic E-state index is 0.212. The highest BCUT2D eigenvalue weighted by molar-refractivity contribution is 6.07. The quantitative estimate of drug-likeness (QED) is 0.685. The minimum Gasteiger partial charge on any atom is -0.319 e. The highest BCUT2D eigenvalue weighted by Gasteiger charge is 2.52. The Kier molecular flexibility index (Phi) is 4.70. The van der Waals surface area contributed by atoms with Crippen LogP contribution >= 0.6 is 0 Å². The van der Waals surface area contributed by atoms with Gasteiger partial charge in [0.15, 0.2) is 5.54 Å². The maximum absolute atomic E-state index is 13.6. The largest absolute Gasteiger partial charge is 0.325 e. The van der Waals surface area contributed by atoms with Crippen LogP contribution in [-0.2, 0) is 23.3 Å². The lowest BCUT2D eigenvalue weighted by Crippen LogP contribution is -2.46. The lowest BCUT2D eigenvalue weighted by atomic mass is 9.83. The molecule has 0 spiro atoms. The number of aryl methyl sites for hydroxylation is 1. The molecule has 3 aromatic rings. The van der Waals surface area contributed by atoms with Crippen molar-refractivity contribution in [2.45, 2.75) is 25.4 Å². The van der Waals surface area contributed by atoms with Gasteiger partial charge in [-0.3, -0.25) is 9.69 Å². The fourth-order valence-electron chi connectivity index (χ4n) is 3.77. The molecule has 0 aromatic heterocycles. The maximum atomic E-state index is 13.6. The first kappa shape index (κ1) is 18.0. The van der Waals surface area contributed by atoms with Gasteiger partial charge in [-0.15, -0.1) is 0 Å². The van der Waals surface area contributed by atoms with Crippen molar-refractivity contribution in [2.75, 3.05) is 0 Å². The van der Waals surface area contributed by atoms with Crippen molar-refractivity contribution in [3.8, 4) is 0 Å². The normalized spacial score (nSPS) is 19.0. The molecule has 1 aliphatic rings. The second kappa shape index (κ2) is 7.31. The van der Waals surface area contributed by atoms with Crippen LogP contribution in [0.4, 0.5) is 4.79 Å². The Labute approximate surface area is 164 Å². The summed E-state index contributed by atoms with van der Waals surface area (Å²) in [5.74, 6) is -0.212. The van der Waals surface area contributed by atoms with Crippen LogP contribution < -0.4 is 5.32 Å². The van der Waals surface area contributed by atoms with Gasteiger partial charge in [-0.1, -0.05) is 84.9 Å². The summed E-state index contributed by atoms with van der Waals surface area (Å²) in [5.41, 5.74) is 2.72. The molecule has 28 heavy (non-hydrogen) atoms. The first-order valence-corrected chi connectivity index (χ1v) is 9.38. The summed E-state index contributed by atoms with van der Waals surface area (Å²) in [6.07, 6.45) is 0.409. The van der Waals surface area contributed by atoms with Gasteiger partial charge in [0.05, 0.1) is 6.54 Å². The zero-order valence-corrected chi connectivity index (χ0v) is 15.8. The Morgan fingerprint density at radius 2 is 1.43 bits per heavy atom. The molecule has 140 valence electrons. The van der Waals surface area contributed by atoms with E-state index in [-0.39, 0.29) is 18.5 Å². The molecule has 4 heteroatoms. The Morgan fingerprint density at radius 3 is 2.11 bits per heavy atom. The highest BCUT2D eigenvalue weighted by Crippen LogP contribution is 2.34. The highest BCUT2D eigenvalue weighted by atomic mass is 16.2. The summed E-state index contributed by atoms with van der Waals surface area (Å²) < 4.78 is 0. The van der Waals surface area contributed by atoms with E-state index >= 15 is 0 Å². The first-order chi connectivity index (χ1) is 13.6. The summed E-state index contributed by atoms with van der Waals surface area (Å²) in [4.78, 5) is 27.8. The molecule has 1 heterocycles. The van der Waals surface area contributed by atoms with E-state index in [9.17, 15) is 9.59 Å². The predicted octanol–water partition coefficient (Wildman–Crippen LogP) is 4.19. The van der Waals surface area contributed by atoms with Crippen LogP contribution in [0.1, 0.15) is 22.3 Å². The Bertz CT molecular complexity index is 1000. The van der Waals surface area contributed by atoms with Crippen molar-refractivity contribution in [3.05, 3.63) is 107 Å². The fraction of sp³-hybridized carbons (Fsp3) is 0.167. The smallest absolute Gasteiger partial charge is 0.319 e. The lowest BCUT2D eigenvalue weighted by Gasteiger charge is -2.27. The van der Waals surface area contributed by atoms with Crippen LogP contribution in [0.2, 0.25) is 0 Å². The summed E-state index contributed by atoms with van der Waals surface area (Å²) in [6.45, 7) is 2.25. The van der Waals surface area contributed by atoms with Crippen LogP contribution in [-0.4, -0.2) is 16.8 Å². The Hall–Kier alpha value is -3.40. The molecule has 4 nitrogen and oxygen atoms in total. The summed E-state index contributed by atoms with van der Waals surface area (Å²) >= 11 is 0. The molecule has 0 radical (unpaired) electrons. The Morgan fingerprint density at radius 1 is 0.821 bits per heavy atom. The van der Waals surface area contributed by atoms with Gasteiger partial charge in [0.1, 0.15) is 0 Å². The molecule has 0 bridgehead atoms. The molecular formula is C24H22N2O2. The molecule has 0 saturated carbocycles. The van der Waals surface area contributed by atoms with E-state index in [0.29, 0.717) is 6.42 Å². The molecule has 1 N–H and O–H groups in total. The molecule has 0 aliphatic carbocycles. The van der Waals surface area contributed by atoms with Crippen molar-refractivity contribution in [1.82, 2.24) is 10.2 Å². The van der Waals surface area contributed by atoms with E-state index in [2.05, 4.69) is 5.32 Å². The predicted molar refractivity (Wildman–Crippen MR) is 109 cm³/mol. The van der Waals surface area contributed by atoms with Gasteiger partial charge in [0.2, 0.25) is 0 Å². The number of hydrogen-bond acceptors (Lipinski definition) is 2. The summed E-state index contributed by atoms with van der Waals surface area (Å²) in [7, 11) is 0. The van der Waals surface area contributed by atoms with Gasteiger partial charge in [0.25, 0.3) is 5.91 Å². The van der Waals surface area contributed by atoms with Crippen LogP contribution in [0.15, 0.2) is 84.9 Å². The number of rotatable bonds is 5. The van der Waals surface area contributed by atoms with Crippen molar-refractivity contribution >= 4 is 11.9 Å². The third kappa shape index (κ3) is 3.18. The second-order valence-electron chi connectivity index (χ2n) is 7.18. The zero-order valence-electron chi connectivity index (χ0n) is 15.8. The number of benzene rings is 3. The van der Waals surface area contributed by atoms with Gasteiger partial charge >= 0.3 is 6.03 Å². The molecule has 1 saturated heterocycles. The van der Waals surface area contributed by atoms with Crippen LogP contribution in [0.25, 0.3) is 0 Å². The number of carbonyl (C=O) groups excluding carboxylic acids is 2. The van der Waals surface area contributed by atoms with Crippen LogP contribution in [0.3, 0.4) is 0 Å². The molecule has 1 aliphatic heterocycles. The van der Waals surface area contributed by atoms with Gasteiger partial charge in [-0.25, -0.2) is 4.79 Å². The lowest BCUT2D eigenvalue weighted by molar-refractivity contribution is -0.132. The minimum atomic E-state index is -1.09. The van der Waals surface area contributed by atoms with Crippen molar-refractivity contribution in [1.29, 1.82) is 0 Å². The van der Waals surface area contributed by atoms with E-state index < -0.39 is 5.54 Å². The number of imide groups is 1. The summed E-state index contributed by atoms with van der Waals surface area (Å²) in [6, 6.07) is 26.8. The third-order valence-corrected chi connectivity index (χ3v) is 5.34. The van der Waals surface area contributed by atoms with Crippen molar-refractivity contribution in [3.63, 3.8) is 0 Å². The first-order valence-electron chi connectivity index (χ1n) is 9.38. The second-order valence-corrected chi connectivity index (χ2v) is 7.18. The van der Waals surface area contributed by atoms with Crippen LogP contribution in [0, 0.1) is 6.92 Å². The zero-order chi connectivity index (χ0) is 19.6. The van der Waals surface area contributed by atoms with Gasteiger partial charge in [0, 0.05) is 6.42 Å². The number of nitrogens with zero attached hydrogens (tertiary/aromatic N) is 1. The van der Waals surface area contributed by atoms with Gasteiger partial charge < -0.3 is 5.32 Å². The number of carbonyl (C=O) groups is 2. The number of urea groups is 1. The van der Waals surface area contributed by atoms with Crippen molar-refractivity contribution in [2.24, 2.45) is 0 Å². The monoisotopic (exact) mass is 370 g/mol. The number of amides is 3. The standard InChI is InChI=1S/C24H22N2O2/c1-18-10-8-9-13-20(18)17-26-22(27)24(25-23(26)28,21-14-6-3-7-15-21)16-19-11-4-2-5-12-19/h2-15H,16-17H2,1H3,(H,25,28). The topological polar surface area (TPSA) is 49.4 Å². The third-order valence-electron chi connectivity index (χ3n) is 5.34.